The van der Waals surface area contributed by atoms with E-state index < -0.39 is 16.1 Å². The summed E-state index contributed by atoms with van der Waals surface area (Å²) in [6.07, 6.45) is 2.04. The van der Waals surface area contributed by atoms with Crippen LogP contribution in [-0.2, 0) is 29.3 Å². The lowest BCUT2D eigenvalue weighted by Crippen LogP contribution is -2.33. The Morgan fingerprint density at radius 2 is 1.69 bits per heavy atom. The Morgan fingerprint density at radius 1 is 1.10 bits per heavy atom. The van der Waals surface area contributed by atoms with Crippen molar-refractivity contribution >= 4 is 22.2 Å². The van der Waals surface area contributed by atoms with Crippen LogP contribution in [0.5, 0.6) is 0 Å². The van der Waals surface area contributed by atoms with E-state index in [-0.39, 0.29) is 12.1 Å². The van der Waals surface area contributed by atoms with Crippen LogP contribution in [0.2, 0.25) is 0 Å². The second kappa shape index (κ2) is 13.3. The van der Waals surface area contributed by atoms with E-state index in [4.69, 9.17) is 23.4 Å². The predicted octanol–water partition coefficient (Wildman–Crippen LogP) is 5.94. The van der Waals surface area contributed by atoms with Crippen LogP contribution in [0.3, 0.4) is 0 Å². The molecule has 0 aliphatic rings. The molecule has 0 saturated heterocycles. The third-order valence-electron chi connectivity index (χ3n) is 3.94. The van der Waals surface area contributed by atoms with Gasteiger partial charge in [0.2, 0.25) is 0 Å². The van der Waals surface area contributed by atoms with E-state index >= 15 is 0 Å². The summed E-state index contributed by atoms with van der Waals surface area (Å²) < 4.78 is 36.0. The second-order valence-corrected chi connectivity index (χ2v) is 10.3. The zero-order chi connectivity index (χ0) is 21.9. The van der Waals surface area contributed by atoms with Crippen LogP contribution in [0.15, 0.2) is 30.1 Å². The molecule has 7 nitrogen and oxygen atoms in total. The maximum Gasteiger partial charge on any atom is 0.353 e. The molecule has 0 aliphatic carbocycles. The molecule has 0 N–H and O–H groups in total. The van der Waals surface area contributed by atoms with Gasteiger partial charge in [-0.25, -0.2) is 4.67 Å². The molecule has 0 heterocycles. The maximum atomic E-state index is 12.1. The fourth-order valence-electron chi connectivity index (χ4n) is 2.54. The maximum absolute atomic E-state index is 12.1. The highest BCUT2D eigenvalue weighted by atomic mass is 31.2. The summed E-state index contributed by atoms with van der Waals surface area (Å²) in [5.74, 6) is 1.43. The lowest BCUT2D eigenvalue weighted by molar-refractivity contribution is 0.171. The first-order chi connectivity index (χ1) is 13.8. The zero-order valence-corrected chi connectivity index (χ0v) is 19.9. The summed E-state index contributed by atoms with van der Waals surface area (Å²) in [6.45, 7) is 9.16. The first-order valence-electron chi connectivity index (χ1n) is 9.46. The Morgan fingerprint density at radius 3 is 2.17 bits per heavy atom. The summed E-state index contributed by atoms with van der Waals surface area (Å²) >= 11 is 0. The van der Waals surface area contributed by atoms with E-state index in [1.54, 1.807) is 6.08 Å². The quantitative estimate of drug-likeness (QED) is 0.276. The summed E-state index contributed by atoms with van der Waals surface area (Å²) in [5, 5.41) is 8.78. The van der Waals surface area contributed by atoms with Crippen molar-refractivity contribution in [2.24, 2.45) is 0 Å². The molecule has 0 aromatic heterocycles. The van der Waals surface area contributed by atoms with Crippen molar-refractivity contribution in [2.45, 2.75) is 52.8 Å². The summed E-state index contributed by atoms with van der Waals surface area (Å²) in [5.41, 5.74) is 1.87. The first kappa shape index (κ1) is 25.9. The van der Waals surface area contributed by atoms with E-state index in [9.17, 15) is 4.57 Å². The molecule has 0 radical (unpaired) electrons. The van der Waals surface area contributed by atoms with Gasteiger partial charge in [-0.1, -0.05) is 24.3 Å². The first-order valence-corrected chi connectivity index (χ1v) is 12.2. The van der Waals surface area contributed by atoms with Crippen molar-refractivity contribution in [3.05, 3.63) is 41.2 Å². The van der Waals surface area contributed by atoms with Gasteiger partial charge in [-0.3, -0.25) is 4.57 Å². The van der Waals surface area contributed by atoms with E-state index in [2.05, 4.69) is 38.4 Å². The average Bonchev–Trinajstić information content (AvgIpc) is 2.70. The van der Waals surface area contributed by atoms with Gasteiger partial charge in [0.1, 0.15) is 0 Å². The van der Waals surface area contributed by atoms with Crippen molar-refractivity contribution in [3.8, 4) is 6.07 Å². The summed E-state index contributed by atoms with van der Waals surface area (Å²) in [6, 6.07) is 10.3. The largest absolute Gasteiger partial charge is 0.353 e. The molecule has 9 heteroatoms. The third-order valence-corrected chi connectivity index (χ3v) is 7.53. The Labute approximate surface area is 176 Å². The van der Waals surface area contributed by atoms with Crippen LogP contribution < -0.4 is 0 Å². The summed E-state index contributed by atoms with van der Waals surface area (Å²) in [4.78, 5) is 0. The van der Waals surface area contributed by atoms with Crippen molar-refractivity contribution in [1.29, 1.82) is 5.26 Å². The SMILES string of the molecule is COP(=O)(C=Cc1ccc(COP(OCCC#N)N(C(C)C)C(C)C)cc1)OC. The minimum absolute atomic E-state index is 0.257. The molecule has 0 saturated carbocycles. The molecule has 0 aliphatic heterocycles. The molecule has 29 heavy (non-hydrogen) atoms. The van der Waals surface area contributed by atoms with Crippen molar-refractivity contribution in [2.75, 3.05) is 20.8 Å². The molecule has 0 amide bonds. The van der Waals surface area contributed by atoms with Crippen molar-refractivity contribution in [1.82, 2.24) is 4.67 Å². The highest BCUT2D eigenvalue weighted by Gasteiger charge is 2.27. The van der Waals surface area contributed by atoms with Gasteiger partial charge >= 0.3 is 7.60 Å². The smallest absolute Gasteiger partial charge is 0.321 e. The molecule has 1 aromatic rings. The number of rotatable bonds is 13. The van der Waals surface area contributed by atoms with Gasteiger partial charge in [0.25, 0.3) is 8.53 Å². The molecular formula is C20H32N2O5P2. The lowest BCUT2D eigenvalue weighted by Gasteiger charge is -2.35. The number of hydrogen-bond donors (Lipinski definition) is 0. The van der Waals surface area contributed by atoms with Crippen molar-refractivity contribution in [3.63, 3.8) is 0 Å². The van der Waals surface area contributed by atoms with Crippen LogP contribution >= 0.6 is 16.1 Å². The predicted molar refractivity (Wildman–Crippen MR) is 117 cm³/mol. The van der Waals surface area contributed by atoms with Crippen LogP contribution in [0.4, 0.5) is 0 Å². The topological polar surface area (TPSA) is 81.0 Å². The minimum atomic E-state index is -3.18. The molecule has 1 atom stereocenters. The molecular weight excluding hydrogens is 410 g/mol. The number of nitrogens with zero attached hydrogens (tertiary/aromatic N) is 2. The number of nitriles is 1. The Balaban J connectivity index is 2.79. The van der Waals surface area contributed by atoms with Crippen LogP contribution in [-0.4, -0.2) is 37.6 Å². The highest BCUT2D eigenvalue weighted by molar-refractivity contribution is 7.57. The van der Waals surface area contributed by atoms with Gasteiger partial charge < -0.3 is 18.1 Å². The van der Waals surface area contributed by atoms with E-state index in [1.165, 1.54) is 20.0 Å². The lowest BCUT2D eigenvalue weighted by atomic mass is 10.1. The van der Waals surface area contributed by atoms with Gasteiger partial charge in [-0.15, -0.1) is 0 Å². The number of benzene rings is 1. The molecule has 0 bridgehead atoms. The zero-order valence-electron chi connectivity index (χ0n) is 18.1. The fraction of sp³-hybridized carbons (Fsp3) is 0.550. The minimum Gasteiger partial charge on any atom is -0.321 e. The van der Waals surface area contributed by atoms with E-state index in [0.29, 0.717) is 19.6 Å². The van der Waals surface area contributed by atoms with Gasteiger partial charge in [0.05, 0.1) is 25.7 Å². The monoisotopic (exact) mass is 442 g/mol. The Kier molecular flexibility index (Phi) is 11.9. The number of hydrogen-bond acceptors (Lipinski definition) is 7. The fourth-order valence-corrected chi connectivity index (χ4v) is 4.89. The van der Waals surface area contributed by atoms with Crippen LogP contribution in [0.1, 0.15) is 45.2 Å². The molecule has 0 spiro atoms. The molecule has 162 valence electrons. The standard InChI is InChI=1S/C20H32N2O5P2/c1-17(2)22(18(3)4)28(26-14-7-13-21)27-16-20-10-8-19(9-11-20)12-15-29(23,24-5)25-6/h8-12,15,17-18H,7,14,16H2,1-6H3. The van der Waals surface area contributed by atoms with Gasteiger partial charge in [-0.2, -0.15) is 5.26 Å². The average molecular weight is 442 g/mol. The summed E-state index contributed by atoms with van der Waals surface area (Å²) in [7, 11) is -1.75. The molecule has 1 rings (SSSR count). The molecule has 0 fully saturated rings. The van der Waals surface area contributed by atoms with E-state index in [1.807, 2.05) is 24.3 Å². The highest BCUT2D eigenvalue weighted by Crippen LogP contribution is 2.48. The Bertz CT molecular complexity index is 701. The van der Waals surface area contributed by atoms with Crippen LogP contribution in [0, 0.1) is 11.3 Å². The normalized spacial score (nSPS) is 13.5. The van der Waals surface area contributed by atoms with Gasteiger partial charge in [0.15, 0.2) is 0 Å². The van der Waals surface area contributed by atoms with Gasteiger partial charge in [0, 0.05) is 32.1 Å². The van der Waals surface area contributed by atoms with Crippen molar-refractivity contribution < 1.29 is 22.7 Å². The van der Waals surface area contributed by atoms with Gasteiger partial charge in [-0.05, 0) is 44.9 Å². The molecule has 1 aromatic carbocycles. The molecule has 1 unspecified atom stereocenters. The third kappa shape index (κ3) is 9.07. The Hall–Kier alpha value is -1.09. The van der Waals surface area contributed by atoms with E-state index in [0.717, 1.165) is 11.1 Å². The second-order valence-electron chi connectivity index (χ2n) is 6.78. The van der Waals surface area contributed by atoms with Crippen LogP contribution in [0.25, 0.3) is 6.08 Å².